The smallest absolute Gasteiger partial charge is 1.00 e. The summed E-state index contributed by atoms with van der Waals surface area (Å²) in [5.41, 5.74) is -1.12. The Balaban J connectivity index is 0. The first-order chi connectivity index (χ1) is 7.23. The summed E-state index contributed by atoms with van der Waals surface area (Å²) in [6.07, 6.45) is 0. The van der Waals surface area contributed by atoms with Crippen LogP contribution in [0.15, 0.2) is 23.1 Å². The van der Waals surface area contributed by atoms with Crippen LogP contribution < -0.4 is 29.6 Å². The average Bonchev–Trinajstić information content (AvgIpc) is 2.15. The van der Waals surface area contributed by atoms with Crippen LogP contribution in [0.3, 0.4) is 0 Å². The van der Waals surface area contributed by atoms with Gasteiger partial charge in [-0.05, 0) is 18.2 Å². The summed E-state index contributed by atoms with van der Waals surface area (Å²) in [6, 6.07) is 2.32. The van der Waals surface area contributed by atoms with Crippen molar-refractivity contribution in [2.45, 2.75) is 4.90 Å². The van der Waals surface area contributed by atoms with Crippen molar-refractivity contribution in [2.24, 2.45) is 0 Å². The molecular weight excluding hydrogens is 263 g/mol. The Hall–Kier alpha value is -0.930. The first-order valence-corrected chi connectivity index (χ1v) is 5.25. The molecule has 0 saturated heterocycles. The monoisotopic (exact) mass is 270 g/mol. The number of hydrogen-bond acceptors (Lipinski definition) is 4. The number of carbonyl (C=O) groups is 2. The summed E-state index contributed by atoms with van der Waals surface area (Å²) in [5.74, 6) is -3.01. The van der Waals surface area contributed by atoms with E-state index in [0.29, 0.717) is 6.07 Å². The topological polar surface area (TPSA) is 129 Å². The molecule has 7 nitrogen and oxygen atoms in total. The van der Waals surface area contributed by atoms with Crippen LogP contribution in [0.25, 0.3) is 0 Å². The molecule has 0 aliphatic heterocycles. The minimum atomic E-state index is -4.78. The van der Waals surface area contributed by atoms with Gasteiger partial charge in [0.05, 0.1) is 11.1 Å². The van der Waals surface area contributed by atoms with Crippen LogP contribution in [0.4, 0.5) is 0 Å². The van der Waals surface area contributed by atoms with E-state index in [1.54, 1.807) is 0 Å². The maximum absolute atomic E-state index is 10.8. The summed E-state index contributed by atoms with van der Waals surface area (Å²) < 4.78 is 30.4. The Morgan fingerprint density at radius 2 is 1.65 bits per heavy atom. The minimum Gasteiger partial charge on any atom is -1.00 e. The largest absolute Gasteiger partial charge is 1.00 e. The Morgan fingerprint density at radius 1 is 1.12 bits per heavy atom. The maximum Gasteiger partial charge on any atom is 1.00 e. The van der Waals surface area contributed by atoms with E-state index in [9.17, 15) is 18.0 Å². The van der Waals surface area contributed by atoms with Crippen molar-refractivity contribution < 1.29 is 63.8 Å². The third kappa shape index (κ3) is 3.79. The van der Waals surface area contributed by atoms with E-state index in [1.165, 1.54) is 0 Å². The summed E-state index contributed by atoms with van der Waals surface area (Å²) in [7, 11) is -4.78. The zero-order valence-electron chi connectivity index (χ0n) is 9.61. The quantitative estimate of drug-likeness (QED) is 0.407. The van der Waals surface area contributed by atoms with Crippen molar-refractivity contribution in [1.82, 2.24) is 0 Å². The van der Waals surface area contributed by atoms with Crippen molar-refractivity contribution in [3.8, 4) is 0 Å². The molecule has 9 heteroatoms. The molecule has 3 N–H and O–H groups in total. The SMILES string of the molecule is O=C(O)c1ccc(C(=O)O)c(S(=O)(=O)O)c1.[H-].[Na+]. The third-order valence-corrected chi connectivity index (χ3v) is 2.63. The molecule has 0 spiro atoms. The second-order valence-electron chi connectivity index (χ2n) is 2.80. The summed E-state index contributed by atoms with van der Waals surface area (Å²) >= 11 is 0. The molecule has 1 aromatic rings. The molecule has 1 rings (SSSR count). The Bertz CT molecular complexity index is 569. The van der Waals surface area contributed by atoms with Gasteiger partial charge in [-0.15, -0.1) is 0 Å². The van der Waals surface area contributed by atoms with E-state index >= 15 is 0 Å². The fraction of sp³-hybridized carbons (Fsp3) is 0. The van der Waals surface area contributed by atoms with Crippen molar-refractivity contribution in [1.29, 1.82) is 0 Å². The standard InChI is InChI=1S/C8H6O7S.Na.H/c9-7(10)4-1-2-5(8(11)12)6(3-4)16(13,14)15;;/h1-3H,(H,9,10)(H,11,12)(H,13,14,15);;/q;+1;-1. The molecule has 0 unspecified atom stereocenters. The van der Waals surface area contributed by atoms with Gasteiger partial charge in [-0.3, -0.25) is 4.55 Å². The van der Waals surface area contributed by atoms with Gasteiger partial charge < -0.3 is 11.6 Å². The van der Waals surface area contributed by atoms with Gasteiger partial charge in [-0.1, -0.05) is 0 Å². The molecule has 0 atom stereocenters. The number of hydrogen-bond donors (Lipinski definition) is 3. The summed E-state index contributed by atoms with van der Waals surface area (Å²) in [4.78, 5) is 20.2. The molecule has 17 heavy (non-hydrogen) atoms. The van der Waals surface area contributed by atoms with Gasteiger partial charge in [-0.2, -0.15) is 8.42 Å². The van der Waals surface area contributed by atoms with E-state index in [2.05, 4.69) is 0 Å². The molecule has 0 bridgehead atoms. The van der Waals surface area contributed by atoms with Crippen LogP contribution in [0.2, 0.25) is 0 Å². The van der Waals surface area contributed by atoms with E-state index in [-0.39, 0.29) is 31.0 Å². The van der Waals surface area contributed by atoms with E-state index in [1.807, 2.05) is 0 Å². The molecule has 0 fully saturated rings. The van der Waals surface area contributed by atoms with Gasteiger partial charge in [0.1, 0.15) is 4.90 Å². The van der Waals surface area contributed by atoms with Crippen LogP contribution in [-0.4, -0.2) is 35.1 Å². The van der Waals surface area contributed by atoms with Crippen molar-refractivity contribution in [3.05, 3.63) is 29.3 Å². The fourth-order valence-electron chi connectivity index (χ4n) is 1.05. The Labute approximate surface area is 120 Å². The Morgan fingerprint density at radius 3 is 2.00 bits per heavy atom. The van der Waals surface area contributed by atoms with Gasteiger partial charge in [0.15, 0.2) is 0 Å². The fourth-order valence-corrected chi connectivity index (χ4v) is 1.75. The van der Waals surface area contributed by atoms with E-state index in [4.69, 9.17) is 14.8 Å². The number of aromatic carboxylic acids is 2. The van der Waals surface area contributed by atoms with Crippen LogP contribution in [0.1, 0.15) is 22.1 Å². The van der Waals surface area contributed by atoms with Crippen molar-refractivity contribution in [3.63, 3.8) is 0 Å². The number of benzene rings is 1. The van der Waals surface area contributed by atoms with Crippen molar-refractivity contribution >= 4 is 22.1 Å². The zero-order valence-corrected chi connectivity index (χ0v) is 11.4. The van der Waals surface area contributed by atoms with Gasteiger partial charge in [0.25, 0.3) is 10.1 Å². The molecule has 0 aliphatic rings. The first-order valence-electron chi connectivity index (χ1n) is 3.81. The first kappa shape index (κ1) is 16.1. The number of rotatable bonds is 3. The number of carboxylic acids is 2. The van der Waals surface area contributed by atoms with Crippen LogP contribution in [0.5, 0.6) is 0 Å². The van der Waals surface area contributed by atoms with Gasteiger partial charge >= 0.3 is 41.5 Å². The van der Waals surface area contributed by atoms with Crippen molar-refractivity contribution in [2.75, 3.05) is 0 Å². The predicted octanol–water partition coefficient (Wildman–Crippen LogP) is -2.55. The minimum absolute atomic E-state index is 0. The molecule has 0 radical (unpaired) electrons. The third-order valence-electron chi connectivity index (χ3n) is 1.74. The van der Waals surface area contributed by atoms with Crippen LogP contribution >= 0.6 is 0 Å². The van der Waals surface area contributed by atoms with Crippen LogP contribution in [0, 0.1) is 0 Å². The second kappa shape index (κ2) is 5.61. The molecule has 0 aromatic heterocycles. The average molecular weight is 270 g/mol. The summed E-state index contributed by atoms with van der Waals surface area (Å²) in [6.45, 7) is 0. The van der Waals surface area contributed by atoms with Gasteiger partial charge in [0.2, 0.25) is 0 Å². The Kier molecular flexibility index (Phi) is 5.30. The predicted molar refractivity (Wildman–Crippen MR) is 51.3 cm³/mol. The summed E-state index contributed by atoms with van der Waals surface area (Å²) in [5, 5.41) is 17.2. The van der Waals surface area contributed by atoms with E-state index < -0.39 is 38.1 Å². The van der Waals surface area contributed by atoms with Crippen LogP contribution in [-0.2, 0) is 10.1 Å². The number of carboxylic acid groups (broad SMARTS) is 2. The molecule has 1 aromatic carbocycles. The maximum atomic E-state index is 10.8. The molecule has 0 amide bonds. The molecule has 88 valence electrons. The van der Waals surface area contributed by atoms with E-state index in [0.717, 1.165) is 12.1 Å². The van der Waals surface area contributed by atoms with Gasteiger partial charge in [-0.25, -0.2) is 9.59 Å². The molecular formula is C8H7NaO7S. The normalized spacial score (nSPS) is 10.4. The molecule has 0 aliphatic carbocycles. The second-order valence-corrected chi connectivity index (χ2v) is 4.19. The van der Waals surface area contributed by atoms with Gasteiger partial charge in [0, 0.05) is 0 Å². The molecule has 0 heterocycles. The zero-order chi connectivity index (χ0) is 12.5. The molecule has 0 saturated carbocycles.